The number of halogens is 5. The molecule has 0 saturated carbocycles. The molecule has 0 saturated heterocycles. The van der Waals surface area contributed by atoms with E-state index in [1.165, 1.54) is 0 Å². The maximum Gasteiger partial charge on any atom is 1.00 e. The molecule has 0 aliphatic carbocycles. The van der Waals surface area contributed by atoms with Crippen LogP contribution in [0, 0.1) is 23.3 Å². The second-order valence-electron chi connectivity index (χ2n) is 2.60. The second kappa shape index (κ2) is 8.39. The van der Waals surface area contributed by atoms with E-state index in [0.717, 1.165) is 0 Å². The SMILES string of the molecule is [Li+].[Li+].[O-]B([O-])Oc1c(F)c(F)c(F)c(F)c1CCl. The van der Waals surface area contributed by atoms with Gasteiger partial charge < -0.3 is 14.7 Å². The molecule has 0 spiro atoms. The quantitative estimate of drug-likeness (QED) is 0.181. The first-order valence-corrected chi connectivity index (χ1v) is 4.32. The molecule has 1 rings (SSSR count). The number of rotatable bonds is 3. The van der Waals surface area contributed by atoms with Crippen molar-refractivity contribution < 1.29 is 70.0 Å². The second-order valence-corrected chi connectivity index (χ2v) is 2.87. The summed E-state index contributed by atoms with van der Waals surface area (Å²) in [6.45, 7) is 0. The van der Waals surface area contributed by atoms with Crippen LogP contribution in [0.2, 0.25) is 0 Å². The van der Waals surface area contributed by atoms with E-state index in [1.54, 1.807) is 0 Å². The Hall–Kier alpha value is 0.210. The Balaban J connectivity index is 0. The molecule has 0 amide bonds. The third-order valence-corrected chi connectivity index (χ3v) is 1.93. The summed E-state index contributed by atoms with van der Waals surface area (Å²) in [6.07, 6.45) is 0. The molecule has 0 radical (unpaired) electrons. The van der Waals surface area contributed by atoms with Crippen LogP contribution >= 0.6 is 11.6 Å². The van der Waals surface area contributed by atoms with Gasteiger partial charge in [0.1, 0.15) is 13.1 Å². The largest absolute Gasteiger partial charge is 1.00 e. The number of benzene rings is 1. The third kappa shape index (κ3) is 4.11. The molecule has 0 heterocycles. The summed E-state index contributed by atoms with van der Waals surface area (Å²) in [7, 11) is -3.01. The van der Waals surface area contributed by atoms with Crippen molar-refractivity contribution in [2.75, 3.05) is 0 Å². The summed E-state index contributed by atoms with van der Waals surface area (Å²) >= 11 is 5.14. The fraction of sp³-hybridized carbons (Fsp3) is 0.143. The van der Waals surface area contributed by atoms with Crippen LogP contribution in [0.15, 0.2) is 0 Å². The average Bonchev–Trinajstić information content (AvgIpc) is 2.23. The van der Waals surface area contributed by atoms with Crippen LogP contribution in [-0.2, 0) is 5.88 Å². The number of hydrogen-bond donors (Lipinski definition) is 0. The first-order valence-electron chi connectivity index (χ1n) is 3.79. The van der Waals surface area contributed by atoms with Crippen LogP contribution in [0.25, 0.3) is 0 Å². The Morgan fingerprint density at radius 1 is 0.944 bits per heavy atom. The topological polar surface area (TPSA) is 55.3 Å². The van der Waals surface area contributed by atoms with Crippen LogP contribution in [0.4, 0.5) is 17.6 Å². The Labute approximate surface area is 129 Å². The van der Waals surface area contributed by atoms with E-state index in [2.05, 4.69) is 4.65 Å². The Bertz CT molecular complexity index is 424. The molecule has 0 atom stereocenters. The molecule has 3 nitrogen and oxygen atoms in total. The molecule has 18 heavy (non-hydrogen) atoms. The van der Waals surface area contributed by atoms with E-state index in [4.69, 9.17) is 11.6 Å². The summed E-state index contributed by atoms with van der Waals surface area (Å²) in [5.41, 5.74) is -0.922. The van der Waals surface area contributed by atoms with Crippen molar-refractivity contribution in [3.63, 3.8) is 0 Å². The van der Waals surface area contributed by atoms with Gasteiger partial charge in [0.25, 0.3) is 0 Å². The van der Waals surface area contributed by atoms with Crippen molar-refractivity contribution in [3.05, 3.63) is 28.8 Å². The third-order valence-electron chi connectivity index (χ3n) is 1.66. The maximum absolute atomic E-state index is 13.0. The van der Waals surface area contributed by atoms with E-state index in [1.807, 2.05) is 0 Å². The van der Waals surface area contributed by atoms with Crippen LogP contribution in [0.3, 0.4) is 0 Å². The first-order chi connectivity index (χ1) is 7.40. The van der Waals surface area contributed by atoms with Gasteiger partial charge in [-0.1, -0.05) is 0 Å². The van der Waals surface area contributed by atoms with Gasteiger partial charge in [0, 0.05) is 5.56 Å². The van der Waals surface area contributed by atoms with Gasteiger partial charge in [-0.15, -0.1) is 11.6 Å². The minimum Gasteiger partial charge on any atom is -0.860 e. The van der Waals surface area contributed by atoms with Gasteiger partial charge in [0.05, 0.1) is 5.88 Å². The molecule has 1 aromatic rings. The van der Waals surface area contributed by atoms with E-state index < -0.39 is 47.8 Å². The number of hydrogen-bond acceptors (Lipinski definition) is 3. The van der Waals surface area contributed by atoms with Gasteiger partial charge in [-0.3, -0.25) is 0 Å². The van der Waals surface area contributed by atoms with Crippen LogP contribution in [0.1, 0.15) is 5.56 Å². The Kier molecular flexibility index (Phi) is 9.57. The summed E-state index contributed by atoms with van der Waals surface area (Å²) in [4.78, 5) is 0. The summed E-state index contributed by atoms with van der Waals surface area (Å²) < 4.78 is 55.2. The normalized spacial score (nSPS) is 9.28. The molecule has 0 fully saturated rings. The fourth-order valence-electron chi connectivity index (χ4n) is 0.995. The summed E-state index contributed by atoms with van der Waals surface area (Å²) in [5, 5.41) is 20.2. The molecular formula is C7H2BClF4Li2O3. The number of alkyl halides is 1. The molecular weight excluding hydrogens is 268 g/mol. The fourth-order valence-corrected chi connectivity index (χ4v) is 1.23. The predicted octanol–water partition coefficient (Wildman–Crippen LogP) is -5.93. The van der Waals surface area contributed by atoms with Crippen LogP contribution in [0.5, 0.6) is 5.75 Å². The molecule has 0 aliphatic heterocycles. The smallest absolute Gasteiger partial charge is 0.860 e. The molecule has 88 valence electrons. The van der Waals surface area contributed by atoms with Crippen molar-refractivity contribution in [2.24, 2.45) is 0 Å². The van der Waals surface area contributed by atoms with Gasteiger partial charge in [-0.2, -0.15) is 4.39 Å². The van der Waals surface area contributed by atoms with Crippen LogP contribution < -0.4 is 52.4 Å². The summed E-state index contributed by atoms with van der Waals surface area (Å²) in [6, 6.07) is 0. The minimum atomic E-state index is -3.01. The Morgan fingerprint density at radius 3 is 1.78 bits per heavy atom. The van der Waals surface area contributed by atoms with Crippen molar-refractivity contribution in [1.29, 1.82) is 0 Å². The average molecular weight is 270 g/mol. The van der Waals surface area contributed by atoms with E-state index in [-0.39, 0.29) is 37.7 Å². The minimum absolute atomic E-state index is 0. The molecule has 0 aromatic heterocycles. The molecule has 0 unspecified atom stereocenters. The van der Waals surface area contributed by atoms with Gasteiger partial charge in [-0.25, -0.2) is 13.2 Å². The van der Waals surface area contributed by atoms with Gasteiger partial charge >= 0.3 is 37.7 Å². The van der Waals surface area contributed by atoms with Crippen molar-refractivity contribution in [2.45, 2.75) is 5.88 Å². The molecule has 0 N–H and O–H groups in total. The first kappa shape index (κ1) is 20.5. The van der Waals surface area contributed by atoms with Crippen molar-refractivity contribution in [3.8, 4) is 5.75 Å². The maximum atomic E-state index is 13.0. The van der Waals surface area contributed by atoms with Crippen LogP contribution in [-0.4, -0.2) is 7.32 Å². The van der Waals surface area contributed by atoms with E-state index in [0.29, 0.717) is 0 Å². The molecule has 11 heteroatoms. The predicted molar refractivity (Wildman–Crippen MR) is 42.2 cm³/mol. The summed E-state index contributed by atoms with van der Waals surface area (Å²) in [5.74, 6) is -10.1. The van der Waals surface area contributed by atoms with E-state index in [9.17, 15) is 27.6 Å². The molecule has 0 bridgehead atoms. The molecule has 1 aromatic carbocycles. The standard InChI is InChI=1S/C7H2BClF4O3.2Li/c9-1-2-3(10)4(11)5(12)6(13)7(2)16-8(14)15;;/h1H2;;/q-2;2*+1. The Morgan fingerprint density at radius 2 is 1.39 bits per heavy atom. The van der Waals surface area contributed by atoms with Gasteiger partial charge in [0.15, 0.2) is 11.6 Å². The van der Waals surface area contributed by atoms with Crippen molar-refractivity contribution in [1.82, 2.24) is 0 Å². The van der Waals surface area contributed by atoms with E-state index >= 15 is 0 Å². The molecule has 0 aliphatic rings. The van der Waals surface area contributed by atoms with Gasteiger partial charge in [0.2, 0.25) is 11.6 Å². The monoisotopic (exact) mass is 270 g/mol. The zero-order valence-electron chi connectivity index (χ0n) is 9.40. The zero-order chi connectivity index (χ0) is 12.5. The van der Waals surface area contributed by atoms with Gasteiger partial charge in [-0.05, 0) is 0 Å². The zero-order valence-corrected chi connectivity index (χ0v) is 10.2. The van der Waals surface area contributed by atoms with Crippen molar-refractivity contribution >= 4 is 18.9 Å².